The Bertz CT molecular complexity index is 281. The number of aliphatic hydroxyl groups excluding tert-OH is 1. The SMILES string of the molecule is OCc1nc(CN2CCCCC2)no1. The lowest BCUT2D eigenvalue weighted by Gasteiger charge is -2.24. The molecular weight excluding hydrogens is 182 g/mol. The van der Waals surface area contributed by atoms with Crippen LogP contribution >= 0.6 is 0 Å². The van der Waals surface area contributed by atoms with Gasteiger partial charge in [-0.05, 0) is 25.9 Å². The highest BCUT2D eigenvalue weighted by atomic mass is 16.5. The Kier molecular flexibility index (Phi) is 3.10. The third kappa shape index (κ3) is 2.30. The van der Waals surface area contributed by atoms with Gasteiger partial charge in [0.05, 0.1) is 6.54 Å². The number of likely N-dealkylation sites (tertiary alicyclic amines) is 1. The van der Waals surface area contributed by atoms with Crippen LogP contribution in [-0.2, 0) is 13.2 Å². The summed E-state index contributed by atoms with van der Waals surface area (Å²) in [5, 5.41) is 12.5. The summed E-state index contributed by atoms with van der Waals surface area (Å²) >= 11 is 0. The molecule has 0 bridgehead atoms. The molecule has 1 N–H and O–H groups in total. The predicted octanol–water partition coefficient (Wildman–Crippen LogP) is 0.548. The number of piperidine rings is 1. The van der Waals surface area contributed by atoms with Crippen LogP contribution in [0.1, 0.15) is 31.0 Å². The van der Waals surface area contributed by atoms with Gasteiger partial charge in [-0.25, -0.2) is 0 Å². The van der Waals surface area contributed by atoms with Crippen molar-refractivity contribution in [3.05, 3.63) is 11.7 Å². The van der Waals surface area contributed by atoms with Crippen molar-refractivity contribution in [1.29, 1.82) is 0 Å². The van der Waals surface area contributed by atoms with E-state index in [1.807, 2.05) is 0 Å². The maximum absolute atomic E-state index is 8.75. The topological polar surface area (TPSA) is 62.4 Å². The molecule has 2 rings (SSSR count). The van der Waals surface area contributed by atoms with Crippen LogP contribution in [0.15, 0.2) is 4.52 Å². The van der Waals surface area contributed by atoms with E-state index in [4.69, 9.17) is 9.63 Å². The second-order valence-corrected chi connectivity index (χ2v) is 3.60. The summed E-state index contributed by atoms with van der Waals surface area (Å²) in [6.07, 6.45) is 3.83. The van der Waals surface area contributed by atoms with Crippen molar-refractivity contribution < 1.29 is 9.63 Å². The summed E-state index contributed by atoms with van der Waals surface area (Å²) in [5.41, 5.74) is 0. The van der Waals surface area contributed by atoms with E-state index in [-0.39, 0.29) is 6.61 Å². The quantitative estimate of drug-likeness (QED) is 0.766. The molecule has 1 aliphatic rings. The van der Waals surface area contributed by atoms with Crippen LogP contribution in [0.3, 0.4) is 0 Å². The average molecular weight is 197 g/mol. The Morgan fingerprint density at radius 2 is 2.07 bits per heavy atom. The van der Waals surface area contributed by atoms with Crippen molar-refractivity contribution in [1.82, 2.24) is 15.0 Å². The molecule has 2 heterocycles. The number of nitrogens with zero attached hydrogens (tertiary/aromatic N) is 3. The van der Waals surface area contributed by atoms with Crippen molar-refractivity contribution in [3.63, 3.8) is 0 Å². The average Bonchev–Trinajstić information content (AvgIpc) is 2.67. The van der Waals surface area contributed by atoms with Gasteiger partial charge < -0.3 is 9.63 Å². The largest absolute Gasteiger partial charge is 0.387 e. The highest BCUT2D eigenvalue weighted by Crippen LogP contribution is 2.11. The molecule has 5 nitrogen and oxygen atoms in total. The molecule has 0 radical (unpaired) electrons. The standard InChI is InChI=1S/C9H15N3O2/c13-7-9-10-8(11-14-9)6-12-4-2-1-3-5-12/h13H,1-7H2. The third-order valence-corrected chi connectivity index (χ3v) is 2.46. The summed E-state index contributed by atoms with van der Waals surface area (Å²) in [7, 11) is 0. The van der Waals surface area contributed by atoms with E-state index in [1.54, 1.807) is 0 Å². The van der Waals surface area contributed by atoms with Crippen LogP contribution in [0.5, 0.6) is 0 Å². The van der Waals surface area contributed by atoms with Gasteiger partial charge in [0, 0.05) is 0 Å². The van der Waals surface area contributed by atoms with E-state index in [0.29, 0.717) is 11.7 Å². The number of rotatable bonds is 3. The minimum Gasteiger partial charge on any atom is -0.387 e. The Morgan fingerprint density at radius 3 is 2.71 bits per heavy atom. The van der Waals surface area contributed by atoms with E-state index >= 15 is 0 Å². The molecule has 1 aromatic heterocycles. The summed E-state index contributed by atoms with van der Waals surface area (Å²) in [6, 6.07) is 0. The molecule has 0 aromatic carbocycles. The zero-order valence-corrected chi connectivity index (χ0v) is 8.15. The molecule has 0 unspecified atom stereocenters. The van der Waals surface area contributed by atoms with Crippen molar-refractivity contribution in [2.24, 2.45) is 0 Å². The first-order valence-electron chi connectivity index (χ1n) is 5.03. The van der Waals surface area contributed by atoms with Crippen LogP contribution in [0, 0.1) is 0 Å². The number of hydrogen-bond acceptors (Lipinski definition) is 5. The normalized spacial score (nSPS) is 18.6. The van der Waals surface area contributed by atoms with Crippen LogP contribution in [-0.4, -0.2) is 33.2 Å². The summed E-state index contributed by atoms with van der Waals surface area (Å²) in [6.45, 7) is 2.79. The van der Waals surface area contributed by atoms with Gasteiger partial charge in [-0.1, -0.05) is 11.6 Å². The van der Waals surface area contributed by atoms with Crippen molar-refractivity contribution in [2.75, 3.05) is 13.1 Å². The molecule has 5 heteroatoms. The van der Waals surface area contributed by atoms with Gasteiger partial charge in [-0.3, -0.25) is 4.90 Å². The summed E-state index contributed by atoms with van der Waals surface area (Å²) < 4.78 is 4.82. The van der Waals surface area contributed by atoms with Crippen molar-refractivity contribution >= 4 is 0 Å². The smallest absolute Gasteiger partial charge is 0.252 e. The Hall–Kier alpha value is -0.940. The molecule has 1 aromatic rings. The fourth-order valence-corrected chi connectivity index (χ4v) is 1.74. The van der Waals surface area contributed by atoms with Crippen molar-refractivity contribution in [3.8, 4) is 0 Å². The van der Waals surface area contributed by atoms with E-state index in [2.05, 4.69) is 15.0 Å². The van der Waals surface area contributed by atoms with Crippen LogP contribution in [0.25, 0.3) is 0 Å². The van der Waals surface area contributed by atoms with Gasteiger partial charge >= 0.3 is 0 Å². The van der Waals surface area contributed by atoms with Gasteiger partial charge in [0.25, 0.3) is 5.89 Å². The maximum atomic E-state index is 8.75. The zero-order valence-electron chi connectivity index (χ0n) is 8.15. The van der Waals surface area contributed by atoms with Gasteiger partial charge in [0.2, 0.25) is 0 Å². The maximum Gasteiger partial charge on any atom is 0.252 e. The third-order valence-electron chi connectivity index (χ3n) is 2.46. The predicted molar refractivity (Wildman–Crippen MR) is 49.3 cm³/mol. The Morgan fingerprint density at radius 1 is 1.29 bits per heavy atom. The highest BCUT2D eigenvalue weighted by molar-refractivity contribution is 4.85. The molecule has 1 fully saturated rings. The van der Waals surface area contributed by atoms with Gasteiger partial charge in [0.1, 0.15) is 6.61 Å². The number of aliphatic hydroxyl groups is 1. The summed E-state index contributed by atoms with van der Waals surface area (Å²) in [4.78, 5) is 6.37. The van der Waals surface area contributed by atoms with E-state index in [0.717, 1.165) is 19.6 Å². The minimum absolute atomic E-state index is 0.174. The molecule has 78 valence electrons. The lowest BCUT2D eigenvalue weighted by atomic mass is 10.1. The second kappa shape index (κ2) is 4.52. The number of hydrogen-bond donors (Lipinski definition) is 1. The number of aromatic nitrogens is 2. The molecule has 1 saturated heterocycles. The first-order valence-corrected chi connectivity index (χ1v) is 5.03. The van der Waals surface area contributed by atoms with Crippen LogP contribution in [0.2, 0.25) is 0 Å². The first kappa shape index (κ1) is 9.61. The van der Waals surface area contributed by atoms with E-state index in [9.17, 15) is 0 Å². The van der Waals surface area contributed by atoms with E-state index in [1.165, 1.54) is 19.3 Å². The lowest BCUT2D eigenvalue weighted by molar-refractivity contribution is 0.210. The molecule has 0 amide bonds. The monoisotopic (exact) mass is 197 g/mol. The fraction of sp³-hybridized carbons (Fsp3) is 0.778. The minimum atomic E-state index is -0.174. The first-order chi connectivity index (χ1) is 6.88. The van der Waals surface area contributed by atoms with Gasteiger partial charge in [-0.15, -0.1) is 0 Å². The molecule has 14 heavy (non-hydrogen) atoms. The molecule has 0 spiro atoms. The lowest BCUT2D eigenvalue weighted by Crippen LogP contribution is -2.29. The second-order valence-electron chi connectivity index (χ2n) is 3.60. The van der Waals surface area contributed by atoms with Crippen molar-refractivity contribution in [2.45, 2.75) is 32.4 Å². The molecule has 0 atom stereocenters. The summed E-state index contributed by atoms with van der Waals surface area (Å²) in [5.74, 6) is 0.980. The molecule has 0 aliphatic carbocycles. The van der Waals surface area contributed by atoms with Gasteiger partial charge in [-0.2, -0.15) is 4.98 Å². The fourth-order valence-electron chi connectivity index (χ4n) is 1.74. The van der Waals surface area contributed by atoms with Crippen LogP contribution < -0.4 is 0 Å². The Balaban J connectivity index is 1.89. The molecule has 0 saturated carbocycles. The highest BCUT2D eigenvalue weighted by Gasteiger charge is 2.13. The van der Waals surface area contributed by atoms with E-state index < -0.39 is 0 Å². The molecule has 1 aliphatic heterocycles. The zero-order chi connectivity index (χ0) is 9.80. The Labute approximate surface area is 82.7 Å². The van der Waals surface area contributed by atoms with Gasteiger partial charge in [0.15, 0.2) is 5.82 Å². The van der Waals surface area contributed by atoms with Crippen LogP contribution in [0.4, 0.5) is 0 Å². The molecular formula is C9H15N3O2.